The number of amides is 1. The fourth-order valence-electron chi connectivity index (χ4n) is 5.78. The summed E-state index contributed by atoms with van der Waals surface area (Å²) in [6.45, 7) is 6.71. The van der Waals surface area contributed by atoms with Crippen molar-refractivity contribution >= 4 is 33.7 Å². The van der Waals surface area contributed by atoms with Gasteiger partial charge in [-0.2, -0.15) is 13.2 Å². The highest BCUT2D eigenvalue weighted by Crippen LogP contribution is 2.47. The van der Waals surface area contributed by atoms with Crippen molar-refractivity contribution in [1.82, 2.24) is 19.8 Å². The Balaban J connectivity index is 1.70. The SMILES string of the molecule is CNC[C@@]1([SiH3])CC[C@@H](n2c(NC(C)C)nc3c(c2=O)C[C@@H](C)N(C(=O)c2ccc(Cl)c(C(F)(F)F)c2)C3)C1. The number of aromatic nitrogens is 2. The second kappa shape index (κ2) is 10.7. The van der Waals surface area contributed by atoms with Crippen molar-refractivity contribution in [3.05, 3.63) is 56.0 Å². The first kappa shape index (κ1) is 28.6. The van der Waals surface area contributed by atoms with Gasteiger partial charge in [-0.05, 0) is 83.3 Å². The minimum Gasteiger partial charge on any atom is -0.353 e. The Morgan fingerprint density at radius 1 is 1.34 bits per heavy atom. The Hall–Kier alpha value is -2.37. The van der Waals surface area contributed by atoms with E-state index in [1.54, 1.807) is 6.92 Å². The minimum atomic E-state index is -4.68. The average Bonchev–Trinajstić information content (AvgIpc) is 3.19. The molecule has 1 aliphatic heterocycles. The minimum absolute atomic E-state index is 0.0285. The number of nitrogens with one attached hydrogen (secondary N) is 2. The normalized spacial score (nSPS) is 23.7. The van der Waals surface area contributed by atoms with Gasteiger partial charge in [0.1, 0.15) is 0 Å². The van der Waals surface area contributed by atoms with Gasteiger partial charge in [-0.1, -0.05) is 11.6 Å². The van der Waals surface area contributed by atoms with Gasteiger partial charge in [0.25, 0.3) is 11.5 Å². The molecule has 208 valence electrons. The van der Waals surface area contributed by atoms with Crippen molar-refractivity contribution < 1.29 is 18.0 Å². The van der Waals surface area contributed by atoms with Gasteiger partial charge in [0.2, 0.25) is 5.95 Å². The highest BCUT2D eigenvalue weighted by atomic mass is 35.5. The maximum absolute atomic E-state index is 13.9. The summed E-state index contributed by atoms with van der Waals surface area (Å²) in [6, 6.07) is 2.85. The van der Waals surface area contributed by atoms with Crippen molar-refractivity contribution in [2.75, 3.05) is 18.9 Å². The lowest BCUT2D eigenvalue weighted by Gasteiger charge is -2.35. The van der Waals surface area contributed by atoms with Crippen LogP contribution in [0.2, 0.25) is 10.1 Å². The number of carbonyl (C=O) groups is 1. The van der Waals surface area contributed by atoms with Crippen molar-refractivity contribution in [2.45, 2.75) is 82.3 Å². The lowest BCUT2D eigenvalue weighted by atomic mass is 9.98. The summed E-state index contributed by atoms with van der Waals surface area (Å²) < 4.78 is 42.0. The number of alkyl halides is 3. The van der Waals surface area contributed by atoms with Crippen LogP contribution in [-0.2, 0) is 19.1 Å². The van der Waals surface area contributed by atoms with E-state index in [0.29, 0.717) is 17.2 Å². The molecule has 2 N–H and O–H groups in total. The summed E-state index contributed by atoms with van der Waals surface area (Å²) >= 11 is 5.75. The zero-order valence-corrected chi connectivity index (χ0v) is 25.1. The second-order valence-corrected chi connectivity index (χ2v) is 13.8. The van der Waals surface area contributed by atoms with Crippen molar-refractivity contribution in [1.29, 1.82) is 0 Å². The third-order valence-electron chi connectivity index (χ3n) is 7.62. The van der Waals surface area contributed by atoms with Gasteiger partial charge < -0.3 is 15.5 Å². The third kappa shape index (κ3) is 5.65. The van der Waals surface area contributed by atoms with Crippen LogP contribution in [0.4, 0.5) is 19.1 Å². The zero-order valence-electron chi connectivity index (χ0n) is 22.4. The average molecular weight is 570 g/mol. The summed E-state index contributed by atoms with van der Waals surface area (Å²) in [5.74, 6) is -0.0739. The molecule has 1 amide bonds. The third-order valence-corrected chi connectivity index (χ3v) is 9.21. The first-order valence-corrected chi connectivity index (χ1v) is 14.3. The van der Waals surface area contributed by atoms with E-state index in [-0.39, 0.29) is 41.2 Å². The number of nitrogens with zero attached hydrogens (tertiary/aromatic N) is 3. The molecule has 2 aliphatic rings. The van der Waals surface area contributed by atoms with E-state index in [1.807, 2.05) is 25.5 Å². The molecule has 38 heavy (non-hydrogen) atoms. The monoisotopic (exact) mass is 569 g/mol. The van der Waals surface area contributed by atoms with Crippen LogP contribution in [0.5, 0.6) is 0 Å². The van der Waals surface area contributed by atoms with E-state index in [0.717, 1.165) is 48.2 Å². The molecular formula is C26H35ClF3N5O2Si. The summed E-state index contributed by atoms with van der Waals surface area (Å²) in [5, 5.41) is 6.37. The molecule has 12 heteroatoms. The molecule has 1 fully saturated rings. The molecule has 0 unspecified atom stereocenters. The molecule has 1 aromatic carbocycles. The smallest absolute Gasteiger partial charge is 0.353 e. The largest absolute Gasteiger partial charge is 0.417 e. The van der Waals surface area contributed by atoms with Gasteiger partial charge in [0, 0.05) is 39.5 Å². The Morgan fingerprint density at radius 2 is 2.05 bits per heavy atom. The van der Waals surface area contributed by atoms with Crippen LogP contribution in [0.3, 0.4) is 0 Å². The number of carbonyl (C=O) groups excluding carboxylic acids is 1. The lowest BCUT2D eigenvalue weighted by Crippen LogP contribution is -2.46. The molecule has 7 nitrogen and oxygen atoms in total. The molecule has 1 aliphatic carbocycles. The van der Waals surface area contributed by atoms with Gasteiger partial charge in [-0.3, -0.25) is 14.2 Å². The highest BCUT2D eigenvalue weighted by molar-refractivity contribution is 6.31. The van der Waals surface area contributed by atoms with E-state index in [1.165, 1.54) is 11.0 Å². The predicted molar refractivity (Wildman–Crippen MR) is 146 cm³/mol. The molecule has 0 bridgehead atoms. The van der Waals surface area contributed by atoms with Gasteiger partial charge >= 0.3 is 6.18 Å². The maximum Gasteiger partial charge on any atom is 0.417 e. The molecule has 2 aromatic rings. The van der Waals surface area contributed by atoms with E-state index in [4.69, 9.17) is 16.6 Å². The first-order valence-electron chi connectivity index (χ1n) is 13.0. The van der Waals surface area contributed by atoms with Crippen LogP contribution in [-0.4, -0.2) is 56.3 Å². The van der Waals surface area contributed by atoms with Crippen LogP contribution >= 0.6 is 11.6 Å². The Morgan fingerprint density at radius 3 is 2.68 bits per heavy atom. The van der Waals surface area contributed by atoms with E-state index < -0.39 is 28.7 Å². The predicted octanol–water partition coefficient (Wildman–Crippen LogP) is 3.79. The standard InChI is InChI=1S/C26H35ClF3N5O2Si/c1-14(2)32-24-33-21-12-34(22(36)16-5-6-20(27)19(10-16)26(28,29)30)15(3)9-18(21)23(37)35(24)17-7-8-25(38,11-17)13-31-4/h5-6,10,14-15,17,31H,7-9,11-13H2,1-4,38H3,(H,32,33)/t15-,17-,25-/m1/s1. The summed E-state index contributed by atoms with van der Waals surface area (Å²) in [7, 11) is 2.97. The Kier molecular flexibility index (Phi) is 8.03. The molecule has 0 saturated heterocycles. The molecule has 4 rings (SSSR count). The number of rotatable bonds is 6. The first-order chi connectivity index (χ1) is 17.7. The number of hydrogen-bond acceptors (Lipinski definition) is 5. The quantitative estimate of drug-likeness (QED) is 0.518. The van der Waals surface area contributed by atoms with Crippen LogP contribution in [0.15, 0.2) is 23.0 Å². The zero-order chi connectivity index (χ0) is 28.0. The van der Waals surface area contributed by atoms with Crippen molar-refractivity contribution in [3.63, 3.8) is 0 Å². The maximum atomic E-state index is 13.9. The molecule has 3 atom stereocenters. The van der Waals surface area contributed by atoms with Crippen LogP contribution in [0.1, 0.15) is 73.3 Å². The fourth-order valence-corrected chi connectivity index (χ4v) is 7.12. The molecule has 0 spiro atoms. The summed E-state index contributed by atoms with van der Waals surface area (Å²) in [5.41, 5.74) is -0.198. The second-order valence-electron chi connectivity index (χ2n) is 11.3. The molecular weight excluding hydrogens is 535 g/mol. The van der Waals surface area contributed by atoms with Gasteiger partial charge in [0.05, 0.1) is 22.8 Å². The molecule has 1 aromatic heterocycles. The molecule has 0 radical (unpaired) electrons. The van der Waals surface area contributed by atoms with E-state index in [2.05, 4.69) is 10.6 Å². The highest BCUT2D eigenvalue weighted by Gasteiger charge is 2.39. The van der Waals surface area contributed by atoms with Crippen molar-refractivity contribution in [3.8, 4) is 0 Å². The Bertz CT molecular complexity index is 1280. The lowest BCUT2D eigenvalue weighted by molar-refractivity contribution is -0.137. The van der Waals surface area contributed by atoms with Crippen molar-refractivity contribution in [2.24, 2.45) is 0 Å². The molecule has 1 saturated carbocycles. The number of halogens is 4. The van der Waals surface area contributed by atoms with Gasteiger partial charge in [0.15, 0.2) is 0 Å². The number of benzene rings is 1. The Labute approximate surface area is 228 Å². The summed E-state index contributed by atoms with van der Waals surface area (Å²) in [6.07, 6.45) is -1.54. The van der Waals surface area contributed by atoms with Crippen LogP contribution in [0, 0.1) is 0 Å². The van der Waals surface area contributed by atoms with Crippen LogP contribution in [0.25, 0.3) is 0 Å². The van der Waals surface area contributed by atoms with E-state index >= 15 is 0 Å². The summed E-state index contributed by atoms with van der Waals surface area (Å²) in [4.78, 5) is 33.6. The van der Waals surface area contributed by atoms with Gasteiger partial charge in [-0.25, -0.2) is 4.98 Å². The number of hydrogen-bond donors (Lipinski definition) is 2. The van der Waals surface area contributed by atoms with E-state index in [9.17, 15) is 22.8 Å². The van der Waals surface area contributed by atoms with Crippen LogP contribution < -0.4 is 16.2 Å². The van der Waals surface area contributed by atoms with Gasteiger partial charge in [-0.15, -0.1) is 0 Å². The molecule has 2 heterocycles. The topological polar surface area (TPSA) is 79.3 Å². The fraction of sp³-hybridized carbons (Fsp3) is 0.577. The number of fused-ring (bicyclic) bond motifs is 1. The number of anilines is 1.